The summed E-state index contributed by atoms with van der Waals surface area (Å²) in [6.45, 7) is 0. The predicted octanol–water partition coefficient (Wildman–Crippen LogP) is 0.940. The average Bonchev–Trinajstić information content (AvgIpc) is 2.71. The van der Waals surface area contributed by atoms with E-state index in [4.69, 9.17) is 23.1 Å². The SMILES string of the molecule is NC(N)=NC1=NC(=O)[C@H](CC(=O)Nc2ccc(Cl)cc2)S1. The number of thioether (sulfide) groups is 1. The molecule has 1 aromatic rings. The third kappa shape index (κ3) is 4.47. The van der Waals surface area contributed by atoms with Gasteiger partial charge in [0.15, 0.2) is 11.1 Å². The van der Waals surface area contributed by atoms with E-state index in [2.05, 4.69) is 15.3 Å². The molecule has 21 heavy (non-hydrogen) atoms. The Morgan fingerprint density at radius 3 is 2.67 bits per heavy atom. The first-order valence-electron chi connectivity index (χ1n) is 5.88. The number of amidine groups is 1. The van der Waals surface area contributed by atoms with Gasteiger partial charge in [-0.1, -0.05) is 23.4 Å². The Morgan fingerprint density at radius 2 is 2.05 bits per heavy atom. The molecule has 2 amide bonds. The number of halogens is 1. The Morgan fingerprint density at radius 1 is 1.38 bits per heavy atom. The Kier molecular flexibility index (Phi) is 4.81. The first kappa shape index (κ1) is 15.3. The third-order valence-electron chi connectivity index (χ3n) is 2.45. The molecule has 0 fully saturated rings. The summed E-state index contributed by atoms with van der Waals surface area (Å²) in [6, 6.07) is 6.66. The fourth-order valence-electron chi connectivity index (χ4n) is 1.57. The zero-order valence-electron chi connectivity index (χ0n) is 10.7. The highest BCUT2D eigenvalue weighted by Crippen LogP contribution is 2.26. The summed E-state index contributed by atoms with van der Waals surface area (Å²) in [7, 11) is 0. The molecule has 0 saturated carbocycles. The lowest BCUT2D eigenvalue weighted by Crippen LogP contribution is -2.23. The summed E-state index contributed by atoms with van der Waals surface area (Å²) in [6.07, 6.45) is -0.0148. The van der Waals surface area contributed by atoms with Crippen LogP contribution in [0.2, 0.25) is 5.02 Å². The molecular formula is C12H12ClN5O2S. The fourth-order valence-corrected chi connectivity index (χ4v) is 2.64. The number of guanidine groups is 1. The van der Waals surface area contributed by atoms with Crippen LogP contribution in [0, 0.1) is 0 Å². The molecular weight excluding hydrogens is 314 g/mol. The summed E-state index contributed by atoms with van der Waals surface area (Å²) in [5.41, 5.74) is 11.0. The summed E-state index contributed by atoms with van der Waals surface area (Å²) in [4.78, 5) is 30.9. The molecule has 5 N–H and O–H groups in total. The Labute approximate surface area is 129 Å². The minimum Gasteiger partial charge on any atom is -0.370 e. The predicted molar refractivity (Wildman–Crippen MR) is 84.3 cm³/mol. The largest absolute Gasteiger partial charge is 0.370 e. The quantitative estimate of drug-likeness (QED) is 0.563. The lowest BCUT2D eigenvalue weighted by molar-refractivity contribution is -0.121. The first-order valence-corrected chi connectivity index (χ1v) is 7.14. The van der Waals surface area contributed by atoms with E-state index in [0.717, 1.165) is 11.8 Å². The molecule has 1 aliphatic rings. The van der Waals surface area contributed by atoms with Crippen LogP contribution >= 0.6 is 23.4 Å². The molecule has 0 aliphatic carbocycles. The molecule has 1 aliphatic heterocycles. The van der Waals surface area contributed by atoms with Gasteiger partial charge in [-0.25, -0.2) is 0 Å². The van der Waals surface area contributed by atoms with Crippen molar-refractivity contribution in [3.8, 4) is 0 Å². The van der Waals surface area contributed by atoms with Crippen LogP contribution in [-0.2, 0) is 9.59 Å². The number of carbonyl (C=O) groups is 2. The average molecular weight is 326 g/mol. The topological polar surface area (TPSA) is 123 Å². The standard InChI is InChI=1S/C12H12ClN5O2S/c13-6-1-3-7(4-2-6)16-9(19)5-8-10(20)17-12(21-8)18-11(14)15/h1-4,8H,5H2,(H,16,19)(H4,14,15,17,18,20)/t8-/m0/s1. The van der Waals surface area contributed by atoms with Crippen LogP contribution in [0.15, 0.2) is 34.3 Å². The highest BCUT2D eigenvalue weighted by Gasteiger charge is 2.30. The summed E-state index contributed by atoms with van der Waals surface area (Å²) < 4.78 is 0. The maximum Gasteiger partial charge on any atom is 0.262 e. The Bertz CT molecular complexity index is 625. The van der Waals surface area contributed by atoms with Crippen molar-refractivity contribution in [2.24, 2.45) is 21.5 Å². The smallest absolute Gasteiger partial charge is 0.262 e. The molecule has 9 heteroatoms. The van der Waals surface area contributed by atoms with E-state index in [1.54, 1.807) is 24.3 Å². The molecule has 0 spiro atoms. The third-order valence-corrected chi connectivity index (χ3v) is 3.75. The van der Waals surface area contributed by atoms with E-state index in [1.807, 2.05) is 0 Å². The first-order chi connectivity index (χ1) is 9.94. The van der Waals surface area contributed by atoms with Crippen molar-refractivity contribution in [2.75, 3.05) is 5.32 Å². The number of anilines is 1. The zero-order chi connectivity index (χ0) is 15.4. The van der Waals surface area contributed by atoms with E-state index in [-0.39, 0.29) is 23.5 Å². The monoisotopic (exact) mass is 325 g/mol. The summed E-state index contributed by atoms with van der Waals surface area (Å²) >= 11 is 6.81. The van der Waals surface area contributed by atoms with E-state index >= 15 is 0 Å². The van der Waals surface area contributed by atoms with Crippen molar-refractivity contribution >= 4 is 52.0 Å². The van der Waals surface area contributed by atoms with Crippen molar-refractivity contribution in [2.45, 2.75) is 11.7 Å². The lowest BCUT2D eigenvalue weighted by atomic mass is 10.2. The number of nitrogens with one attached hydrogen (secondary N) is 1. The van der Waals surface area contributed by atoms with Crippen LogP contribution in [0.3, 0.4) is 0 Å². The molecule has 7 nitrogen and oxygen atoms in total. The normalized spacial score (nSPS) is 17.3. The second kappa shape index (κ2) is 6.59. The lowest BCUT2D eigenvalue weighted by Gasteiger charge is -2.07. The van der Waals surface area contributed by atoms with Crippen molar-refractivity contribution < 1.29 is 9.59 Å². The van der Waals surface area contributed by atoms with Crippen LogP contribution in [0.4, 0.5) is 5.69 Å². The molecule has 110 valence electrons. The second-order valence-corrected chi connectivity index (χ2v) is 5.74. The van der Waals surface area contributed by atoms with Gasteiger partial charge in [0, 0.05) is 17.1 Å². The van der Waals surface area contributed by atoms with Gasteiger partial charge in [0.25, 0.3) is 5.91 Å². The minimum atomic E-state index is -0.615. The van der Waals surface area contributed by atoms with Gasteiger partial charge in [-0.05, 0) is 24.3 Å². The van der Waals surface area contributed by atoms with Crippen molar-refractivity contribution in [3.05, 3.63) is 29.3 Å². The molecule has 0 aromatic heterocycles. The highest BCUT2D eigenvalue weighted by molar-refractivity contribution is 8.15. The van der Waals surface area contributed by atoms with E-state index in [1.165, 1.54) is 0 Å². The van der Waals surface area contributed by atoms with Gasteiger partial charge in [0.2, 0.25) is 5.91 Å². The zero-order valence-corrected chi connectivity index (χ0v) is 12.3. The molecule has 1 atom stereocenters. The number of hydrogen-bond donors (Lipinski definition) is 3. The van der Waals surface area contributed by atoms with Gasteiger partial charge in [0.1, 0.15) is 5.25 Å². The Hall–Kier alpha value is -2.06. The van der Waals surface area contributed by atoms with Crippen LogP contribution in [0.25, 0.3) is 0 Å². The molecule has 2 rings (SSSR count). The number of nitrogens with zero attached hydrogens (tertiary/aromatic N) is 2. The summed E-state index contributed by atoms with van der Waals surface area (Å²) in [5, 5.41) is 2.80. The van der Waals surface area contributed by atoms with Crippen LogP contribution in [0.1, 0.15) is 6.42 Å². The van der Waals surface area contributed by atoms with Crippen LogP contribution < -0.4 is 16.8 Å². The number of benzene rings is 1. The molecule has 0 unspecified atom stereocenters. The number of amides is 2. The molecule has 0 radical (unpaired) electrons. The van der Waals surface area contributed by atoms with E-state index in [0.29, 0.717) is 10.7 Å². The second-order valence-electron chi connectivity index (χ2n) is 4.13. The molecule has 0 saturated heterocycles. The van der Waals surface area contributed by atoms with Gasteiger partial charge < -0.3 is 16.8 Å². The molecule has 1 aromatic carbocycles. The highest BCUT2D eigenvalue weighted by atomic mass is 35.5. The van der Waals surface area contributed by atoms with Gasteiger partial charge in [-0.2, -0.15) is 9.98 Å². The van der Waals surface area contributed by atoms with Gasteiger partial charge in [0.05, 0.1) is 0 Å². The number of hydrogen-bond acceptors (Lipinski definition) is 4. The van der Waals surface area contributed by atoms with Crippen molar-refractivity contribution in [1.29, 1.82) is 0 Å². The maximum atomic E-state index is 11.9. The van der Waals surface area contributed by atoms with Gasteiger partial charge >= 0.3 is 0 Å². The number of carbonyl (C=O) groups excluding carboxylic acids is 2. The molecule has 1 heterocycles. The van der Waals surface area contributed by atoms with Gasteiger partial charge in [-0.3, -0.25) is 9.59 Å². The van der Waals surface area contributed by atoms with Gasteiger partial charge in [-0.15, -0.1) is 0 Å². The van der Waals surface area contributed by atoms with E-state index < -0.39 is 11.2 Å². The van der Waals surface area contributed by atoms with Crippen molar-refractivity contribution in [3.63, 3.8) is 0 Å². The van der Waals surface area contributed by atoms with E-state index in [9.17, 15) is 9.59 Å². The van der Waals surface area contributed by atoms with Crippen LogP contribution in [0.5, 0.6) is 0 Å². The maximum absolute atomic E-state index is 11.9. The van der Waals surface area contributed by atoms with Crippen molar-refractivity contribution in [1.82, 2.24) is 0 Å². The number of aliphatic imine (C=N–C) groups is 2. The Balaban J connectivity index is 1.91. The number of nitrogens with two attached hydrogens (primary N) is 2. The molecule has 0 bridgehead atoms. The summed E-state index contributed by atoms with van der Waals surface area (Å²) in [5.74, 6) is -0.907. The fraction of sp³-hybridized carbons (Fsp3) is 0.167. The number of rotatable bonds is 3. The minimum absolute atomic E-state index is 0.0148. The van der Waals surface area contributed by atoms with Crippen LogP contribution in [-0.4, -0.2) is 28.2 Å².